The Kier molecular flexibility index (Phi) is 5.58. The van der Waals surface area contributed by atoms with Crippen molar-refractivity contribution in [3.63, 3.8) is 0 Å². The van der Waals surface area contributed by atoms with E-state index in [1.54, 1.807) is 12.0 Å². The van der Waals surface area contributed by atoms with Crippen molar-refractivity contribution in [2.24, 2.45) is 5.92 Å². The van der Waals surface area contributed by atoms with E-state index in [9.17, 15) is 9.59 Å². The van der Waals surface area contributed by atoms with Crippen molar-refractivity contribution in [2.75, 3.05) is 25.6 Å². The van der Waals surface area contributed by atoms with E-state index in [0.29, 0.717) is 13.2 Å². The van der Waals surface area contributed by atoms with Gasteiger partial charge < -0.3 is 15.0 Å². The highest BCUT2D eigenvalue weighted by atomic mass is 79.9. The molecule has 2 atom stereocenters. The first-order valence-electron chi connectivity index (χ1n) is 7.27. The van der Waals surface area contributed by atoms with Crippen LogP contribution in [0.1, 0.15) is 18.9 Å². The third-order valence-electron chi connectivity index (χ3n) is 3.89. The highest BCUT2D eigenvalue weighted by molar-refractivity contribution is 9.10. The van der Waals surface area contributed by atoms with Crippen molar-refractivity contribution in [2.45, 2.75) is 26.3 Å². The Labute approximate surface area is 139 Å². The minimum Gasteiger partial charge on any atom is -0.383 e. The van der Waals surface area contributed by atoms with Crippen molar-refractivity contribution in [1.82, 2.24) is 4.90 Å². The molecule has 1 saturated heterocycles. The molecule has 0 aliphatic carbocycles. The van der Waals surface area contributed by atoms with Crippen LogP contribution in [0.15, 0.2) is 22.7 Å². The molecule has 0 spiro atoms. The van der Waals surface area contributed by atoms with Gasteiger partial charge in [-0.25, -0.2) is 0 Å². The summed E-state index contributed by atoms with van der Waals surface area (Å²) in [5, 5.41) is 2.89. The van der Waals surface area contributed by atoms with Crippen LogP contribution in [0.4, 0.5) is 5.69 Å². The minimum absolute atomic E-state index is 0.00905. The lowest BCUT2D eigenvalue weighted by Gasteiger charge is -2.23. The number of rotatable bonds is 5. The van der Waals surface area contributed by atoms with Crippen molar-refractivity contribution in [3.05, 3.63) is 28.2 Å². The van der Waals surface area contributed by atoms with Gasteiger partial charge >= 0.3 is 0 Å². The first-order chi connectivity index (χ1) is 10.4. The summed E-state index contributed by atoms with van der Waals surface area (Å²) in [6.07, 6.45) is 0.259. The molecular formula is C16H21BrN2O3. The molecule has 22 heavy (non-hydrogen) atoms. The lowest BCUT2D eigenvalue weighted by atomic mass is 10.1. The molecule has 1 fully saturated rings. The Balaban J connectivity index is 1.99. The fourth-order valence-electron chi connectivity index (χ4n) is 2.63. The highest BCUT2D eigenvalue weighted by Crippen LogP contribution is 2.24. The molecule has 2 amide bonds. The summed E-state index contributed by atoms with van der Waals surface area (Å²) < 4.78 is 6.08. The van der Waals surface area contributed by atoms with E-state index >= 15 is 0 Å². The topological polar surface area (TPSA) is 58.6 Å². The number of amides is 2. The maximum Gasteiger partial charge on any atom is 0.229 e. The van der Waals surface area contributed by atoms with Crippen LogP contribution in [-0.2, 0) is 14.3 Å². The summed E-state index contributed by atoms with van der Waals surface area (Å²) in [7, 11) is 1.61. The molecule has 1 aliphatic heterocycles. The number of hydrogen-bond donors (Lipinski definition) is 1. The van der Waals surface area contributed by atoms with E-state index in [2.05, 4.69) is 21.2 Å². The van der Waals surface area contributed by atoms with Gasteiger partial charge in [0, 0.05) is 30.2 Å². The number of aryl methyl sites for hydroxylation is 1. The second kappa shape index (κ2) is 7.24. The number of halogens is 1. The zero-order valence-corrected chi connectivity index (χ0v) is 14.6. The first-order valence-corrected chi connectivity index (χ1v) is 8.07. The van der Waals surface area contributed by atoms with Crippen LogP contribution in [0.2, 0.25) is 0 Å². The van der Waals surface area contributed by atoms with Crippen LogP contribution < -0.4 is 5.32 Å². The number of anilines is 1. The van der Waals surface area contributed by atoms with Gasteiger partial charge in [-0.2, -0.15) is 0 Å². The average Bonchev–Trinajstić information content (AvgIpc) is 2.85. The molecule has 1 heterocycles. The molecule has 0 aromatic heterocycles. The first kappa shape index (κ1) is 17.0. The third-order valence-corrected chi connectivity index (χ3v) is 4.78. The van der Waals surface area contributed by atoms with Gasteiger partial charge in [-0.1, -0.05) is 15.9 Å². The number of benzene rings is 1. The van der Waals surface area contributed by atoms with Crippen LogP contribution in [0.5, 0.6) is 0 Å². The van der Waals surface area contributed by atoms with Crippen molar-refractivity contribution in [3.8, 4) is 0 Å². The Morgan fingerprint density at radius 2 is 2.27 bits per heavy atom. The molecule has 5 nitrogen and oxygen atoms in total. The number of carbonyl (C=O) groups is 2. The number of hydrogen-bond acceptors (Lipinski definition) is 3. The fraction of sp³-hybridized carbons (Fsp3) is 0.500. The Bertz CT molecular complexity index is 577. The fourth-order valence-corrected chi connectivity index (χ4v) is 2.88. The predicted molar refractivity (Wildman–Crippen MR) is 88.7 cm³/mol. The second-order valence-electron chi connectivity index (χ2n) is 5.70. The van der Waals surface area contributed by atoms with Crippen LogP contribution in [0.3, 0.4) is 0 Å². The van der Waals surface area contributed by atoms with Crippen LogP contribution >= 0.6 is 15.9 Å². The quantitative estimate of drug-likeness (QED) is 0.868. The largest absolute Gasteiger partial charge is 0.383 e. The third kappa shape index (κ3) is 3.87. The number of nitrogens with one attached hydrogen (secondary N) is 1. The lowest BCUT2D eigenvalue weighted by molar-refractivity contribution is -0.130. The van der Waals surface area contributed by atoms with Crippen molar-refractivity contribution in [1.29, 1.82) is 0 Å². The van der Waals surface area contributed by atoms with Crippen molar-refractivity contribution < 1.29 is 14.3 Å². The maximum atomic E-state index is 12.3. The molecule has 1 N–H and O–H groups in total. The molecule has 1 aliphatic rings. The zero-order chi connectivity index (χ0) is 16.3. The summed E-state index contributed by atoms with van der Waals surface area (Å²) in [6.45, 7) is 4.82. The maximum absolute atomic E-state index is 12.3. The van der Waals surface area contributed by atoms with Crippen LogP contribution in [0, 0.1) is 12.8 Å². The Morgan fingerprint density at radius 3 is 2.91 bits per heavy atom. The van der Waals surface area contributed by atoms with Crippen LogP contribution in [-0.4, -0.2) is 43.0 Å². The minimum atomic E-state index is -0.309. The molecular weight excluding hydrogens is 348 g/mol. The highest BCUT2D eigenvalue weighted by Gasteiger charge is 2.36. The SMILES string of the molecule is COC[C@H](C)N1C[C@@H](C(=O)Nc2ccc(Br)c(C)c2)CC1=O. The summed E-state index contributed by atoms with van der Waals surface area (Å²) in [6, 6.07) is 5.64. The average molecular weight is 369 g/mol. The molecule has 0 unspecified atom stereocenters. The van der Waals surface area contributed by atoms with E-state index in [0.717, 1.165) is 15.7 Å². The van der Waals surface area contributed by atoms with Gasteiger partial charge in [-0.3, -0.25) is 9.59 Å². The predicted octanol–water partition coefficient (Wildman–Crippen LogP) is 2.58. The molecule has 0 bridgehead atoms. The second-order valence-corrected chi connectivity index (χ2v) is 6.56. The van der Waals surface area contributed by atoms with E-state index in [1.807, 2.05) is 32.0 Å². The van der Waals surface area contributed by atoms with E-state index < -0.39 is 0 Å². The number of carbonyl (C=O) groups excluding carboxylic acids is 2. The van der Waals surface area contributed by atoms with Gasteiger partial charge in [0.2, 0.25) is 11.8 Å². The lowest BCUT2D eigenvalue weighted by Crippen LogP contribution is -2.38. The van der Waals surface area contributed by atoms with E-state index in [4.69, 9.17) is 4.74 Å². The van der Waals surface area contributed by atoms with Gasteiger partial charge in [-0.15, -0.1) is 0 Å². The molecule has 1 aromatic rings. The summed E-state index contributed by atoms with van der Waals surface area (Å²) in [5.41, 5.74) is 1.80. The van der Waals surface area contributed by atoms with Crippen LogP contribution in [0.25, 0.3) is 0 Å². The smallest absolute Gasteiger partial charge is 0.229 e. The molecule has 1 aromatic carbocycles. The van der Waals surface area contributed by atoms with Crippen molar-refractivity contribution >= 4 is 33.4 Å². The van der Waals surface area contributed by atoms with Gasteiger partial charge in [0.25, 0.3) is 0 Å². The molecule has 0 radical (unpaired) electrons. The van der Waals surface area contributed by atoms with Gasteiger partial charge in [-0.05, 0) is 37.6 Å². The molecule has 0 saturated carbocycles. The number of ether oxygens (including phenoxy) is 1. The summed E-state index contributed by atoms with van der Waals surface area (Å²) >= 11 is 3.43. The number of likely N-dealkylation sites (tertiary alicyclic amines) is 1. The summed E-state index contributed by atoms with van der Waals surface area (Å²) in [4.78, 5) is 26.1. The Morgan fingerprint density at radius 1 is 1.55 bits per heavy atom. The molecule has 6 heteroatoms. The normalized spacial score (nSPS) is 19.4. The standard InChI is InChI=1S/C16H21BrN2O3/c1-10-6-13(4-5-14(10)17)18-16(21)12-7-15(20)19(8-12)11(2)9-22-3/h4-6,11-12H,7-9H2,1-3H3,(H,18,21)/t11-,12-/m0/s1. The number of methoxy groups -OCH3 is 1. The zero-order valence-electron chi connectivity index (χ0n) is 13.1. The molecule has 2 rings (SSSR count). The monoisotopic (exact) mass is 368 g/mol. The van der Waals surface area contributed by atoms with E-state index in [1.165, 1.54) is 0 Å². The Hall–Kier alpha value is -1.40. The number of nitrogens with zero attached hydrogens (tertiary/aromatic N) is 1. The van der Waals surface area contributed by atoms with Gasteiger partial charge in [0.15, 0.2) is 0 Å². The van der Waals surface area contributed by atoms with E-state index in [-0.39, 0.29) is 30.2 Å². The van der Waals surface area contributed by atoms with Gasteiger partial charge in [0.1, 0.15) is 0 Å². The van der Waals surface area contributed by atoms with Gasteiger partial charge in [0.05, 0.1) is 18.6 Å². The summed E-state index contributed by atoms with van der Waals surface area (Å²) in [5.74, 6) is -0.408. The molecule has 120 valence electrons.